The van der Waals surface area contributed by atoms with Gasteiger partial charge >= 0.3 is 0 Å². The number of thiophene rings is 1. The zero-order chi connectivity index (χ0) is 16.9. The maximum atomic E-state index is 12.6. The fourth-order valence-corrected chi connectivity index (χ4v) is 7.14. The predicted molar refractivity (Wildman–Crippen MR) is 93.1 cm³/mol. The number of nitrogens with zero attached hydrogens (tertiary/aromatic N) is 1. The van der Waals surface area contributed by atoms with Gasteiger partial charge in [0.05, 0.1) is 17.2 Å². The summed E-state index contributed by atoms with van der Waals surface area (Å²) < 4.78 is 30.3. The Morgan fingerprint density at radius 2 is 2.08 bits per heavy atom. The van der Waals surface area contributed by atoms with Crippen molar-refractivity contribution in [1.29, 1.82) is 0 Å². The quantitative estimate of drug-likeness (QED) is 0.797. The molecule has 24 heavy (non-hydrogen) atoms. The van der Waals surface area contributed by atoms with E-state index in [1.54, 1.807) is 4.90 Å². The summed E-state index contributed by atoms with van der Waals surface area (Å²) in [6, 6.07) is 1.92. The van der Waals surface area contributed by atoms with E-state index in [1.807, 2.05) is 18.4 Å². The van der Waals surface area contributed by atoms with Crippen molar-refractivity contribution in [3.8, 4) is 0 Å². The van der Waals surface area contributed by atoms with Gasteiger partial charge in [0.2, 0.25) is 0 Å². The number of ether oxygens (including phenoxy) is 1. The monoisotopic (exact) mass is 369 g/mol. The molecule has 1 atom stereocenters. The Hall–Kier alpha value is -0.920. The molecule has 5 nitrogen and oxygen atoms in total. The molecule has 3 fully saturated rings. The minimum Gasteiger partial charge on any atom is -0.381 e. The zero-order valence-corrected chi connectivity index (χ0v) is 15.5. The van der Waals surface area contributed by atoms with Gasteiger partial charge in [0.1, 0.15) is 4.75 Å². The number of sulfone groups is 1. The van der Waals surface area contributed by atoms with Crippen LogP contribution >= 0.6 is 11.3 Å². The first-order valence-electron chi connectivity index (χ1n) is 8.56. The summed E-state index contributed by atoms with van der Waals surface area (Å²) >= 11 is 1.43. The maximum absolute atomic E-state index is 12.6. The SMILES string of the molecule is Cc1ccsc1C(=O)N1CC2(C1)C(COCC1CC1)CCS2(=O)=O. The number of likely N-dealkylation sites (tertiary alicyclic amines) is 1. The van der Waals surface area contributed by atoms with Crippen LogP contribution in [0, 0.1) is 18.8 Å². The van der Waals surface area contributed by atoms with Crippen molar-refractivity contribution in [1.82, 2.24) is 4.90 Å². The fraction of sp³-hybridized carbons (Fsp3) is 0.706. The van der Waals surface area contributed by atoms with Gasteiger partial charge in [-0.3, -0.25) is 4.79 Å². The van der Waals surface area contributed by atoms with Gasteiger partial charge in [-0.05, 0) is 49.1 Å². The van der Waals surface area contributed by atoms with Crippen LogP contribution in [0.3, 0.4) is 0 Å². The van der Waals surface area contributed by atoms with Gasteiger partial charge in [0.15, 0.2) is 9.84 Å². The van der Waals surface area contributed by atoms with Gasteiger partial charge in [0, 0.05) is 25.6 Å². The van der Waals surface area contributed by atoms with Crippen molar-refractivity contribution in [3.63, 3.8) is 0 Å². The number of carbonyl (C=O) groups excluding carboxylic acids is 1. The standard InChI is InChI=1S/C17H23NO4S2/c1-12-4-6-23-15(12)16(19)18-10-17(11-18)14(5-7-24(17,20)21)9-22-8-13-2-3-13/h4,6,13-14H,2-3,5,7-11H2,1H3. The molecule has 0 radical (unpaired) electrons. The summed E-state index contributed by atoms with van der Waals surface area (Å²) in [5.74, 6) is 0.896. The second-order valence-corrected chi connectivity index (χ2v) is 10.8. The second kappa shape index (κ2) is 5.81. The Morgan fingerprint density at radius 3 is 2.71 bits per heavy atom. The molecule has 1 aromatic rings. The van der Waals surface area contributed by atoms with Crippen LogP contribution in [0.2, 0.25) is 0 Å². The molecule has 1 aliphatic carbocycles. The number of aryl methyl sites for hydroxylation is 1. The molecule has 7 heteroatoms. The van der Waals surface area contributed by atoms with E-state index in [1.165, 1.54) is 24.2 Å². The van der Waals surface area contributed by atoms with Crippen LogP contribution in [-0.4, -0.2) is 56.0 Å². The molecule has 3 heterocycles. The summed E-state index contributed by atoms with van der Waals surface area (Å²) in [5.41, 5.74) is 0.963. The molecule has 0 N–H and O–H groups in total. The molecule has 1 saturated carbocycles. The average Bonchev–Trinajstić information content (AvgIpc) is 3.14. The van der Waals surface area contributed by atoms with E-state index in [4.69, 9.17) is 4.74 Å². The molecule has 132 valence electrons. The van der Waals surface area contributed by atoms with Crippen molar-refractivity contribution in [2.45, 2.75) is 30.9 Å². The smallest absolute Gasteiger partial charge is 0.264 e. The molecule has 0 aromatic carbocycles. The molecule has 1 unspecified atom stereocenters. The van der Waals surface area contributed by atoms with Crippen molar-refractivity contribution in [2.24, 2.45) is 11.8 Å². The summed E-state index contributed by atoms with van der Waals surface area (Å²) in [7, 11) is -3.15. The summed E-state index contributed by atoms with van der Waals surface area (Å²) in [5, 5.41) is 1.90. The molecule has 3 aliphatic rings. The van der Waals surface area contributed by atoms with Crippen LogP contribution in [0.15, 0.2) is 11.4 Å². The number of carbonyl (C=O) groups is 1. The highest BCUT2D eigenvalue weighted by molar-refractivity contribution is 7.93. The van der Waals surface area contributed by atoms with E-state index < -0.39 is 14.6 Å². The molecular formula is C17H23NO4S2. The minimum atomic E-state index is -3.15. The molecular weight excluding hydrogens is 346 g/mol. The third-order valence-electron chi connectivity index (χ3n) is 5.73. The molecule has 4 rings (SSSR count). The Balaban J connectivity index is 1.44. The normalized spacial score (nSPS) is 27.4. The minimum absolute atomic E-state index is 0.0229. The summed E-state index contributed by atoms with van der Waals surface area (Å²) in [6.45, 7) is 3.82. The second-order valence-electron chi connectivity index (χ2n) is 7.44. The van der Waals surface area contributed by atoms with E-state index in [0.29, 0.717) is 32.0 Å². The molecule has 0 bridgehead atoms. The lowest BCUT2D eigenvalue weighted by Crippen LogP contribution is -2.68. The Morgan fingerprint density at radius 1 is 1.33 bits per heavy atom. The van der Waals surface area contributed by atoms with E-state index in [-0.39, 0.29) is 17.6 Å². The van der Waals surface area contributed by atoms with Crippen molar-refractivity contribution < 1.29 is 17.9 Å². The topological polar surface area (TPSA) is 63.7 Å². The highest BCUT2D eigenvalue weighted by Crippen LogP contribution is 2.45. The third kappa shape index (κ3) is 2.61. The number of hydrogen-bond acceptors (Lipinski definition) is 5. The number of hydrogen-bond donors (Lipinski definition) is 0. The lowest BCUT2D eigenvalue weighted by molar-refractivity contribution is 0.0231. The summed E-state index contributed by atoms with van der Waals surface area (Å²) in [4.78, 5) is 15.0. The largest absolute Gasteiger partial charge is 0.381 e. The van der Waals surface area contributed by atoms with Crippen molar-refractivity contribution in [2.75, 3.05) is 32.1 Å². The first kappa shape index (κ1) is 16.5. The molecule has 1 amide bonds. The highest BCUT2D eigenvalue weighted by atomic mass is 32.2. The van der Waals surface area contributed by atoms with E-state index in [2.05, 4.69) is 0 Å². The third-order valence-corrected chi connectivity index (χ3v) is 9.34. The van der Waals surface area contributed by atoms with Crippen LogP contribution in [0.4, 0.5) is 0 Å². The number of rotatable bonds is 5. The molecule has 1 aromatic heterocycles. The Kier molecular flexibility index (Phi) is 4.01. The van der Waals surface area contributed by atoms with Crippen molar-refractivity contribution >= 4 is 27.1 Å². The van der Waals surface area contributed by atoms with Gasteiger partial charge in [0.25, 0.3) is 5.91 Å². The first-order valence-corrected chi connectivity index (χ1v) is 11.1. The van der Waals surface area contributed by atoms with Crippen LogP contribution in [-0.2, 0) is 14.6 Å². The average molecular weight is 370 g/mol. The van der Waals surface area contributed by atoms with Crippen LogP contribution in [0.25, 0.3) is 0 Å². The van der Waals surface area contributed by atoms with Gasteiger partial charge in [-0.2, -0.15) is 0 Å². The van der Waals surface area contributed by atoms with Crippen LogP contribution in [0.5, 0.6) is 0 Å². The zero-order valence-electron chi connectivity index (χ0n) is 13.9. The lowest BCUT2D eigenvalue weighted by atomic mass is 9.83. The van der Waals surface area contributed by atoms with Crippen LogP contribution < -0.4 is 0 Å². The fourth-order valence-electron chi connectivity index (χ4n) is 3.85. The molecule has 1 spiro atoms. The van der Waals surface area contributed by atoms with E-state index >= 15 is 0 Å². The first-order chi connectivity index (χ1) is 11.4. The van der Waals surface area contributed by atoms with Crippen molar-refractivity contribution in [3.05, 3.63) is 21.9 Å². The van der Waals surface area contributed by atoms with Gasteiger partial charge in [-0.15, -0.1) is 11.3 Å². The van der Waals surface area contributed by atoms with E-state index in [0.717, 1.165) is 17.0 Å². The summed E-state index contributed by atoms with van der Waals surface area (Å²) in [6.07, 6.45) is 3.13. The number of amides is 1. The Labute approximate surface area is 146 Å². The highest BCUT2D eigenvalue weighted by Gasteiger charge is 2.62. The van der Waals surface area contributed by atoms with Crippen LogP contribution in [0.1, 0.15) is 34.5 Å². The van der Waals surface area contributed by atoms with Gasteiger partial charge in [-0.1, -0.05) is 0 Å². The predicted octanol–water partition coefficient (Wildman–Crippen LogP) is 2.11. The van der Waals surface area contributed by atoms with Gasteiger partial charge < -0.3 is 9.64 Å². The van der Waals surface area contributed by atoms with Gasteiger partial charge in [-0.25, -0.2) is 8.42 Å². The lowest BCUT2D eigenvalue weighted by Gasteiger charge is -2.49. The molecule has 2 aliphatic heterocycles. The van der Waals surface area contributed by atoms with E-state index in [9.17, 15) is 13.2 Å². The Bertz CT molecular complexity index is 744. The maximum Gasteiger partial charge on any atom is 0.264 e. The molecule has 2 saturated heterocycles.